The zero-order chi connectivity index (χ0) is 25.6. The van der Waals surface area contributed by atoms with E-state index in [1.165, 1.54) is 17.7 Å². The second-order valence-corrected chi connectivity index (χ2v) is 9.71. The maximum Gasteiger partial charge on any atom is 0.259 e. The number of aromatic nitrogens is 4. The number of nitrogens with zero attached hydrogens (tertiary/aromatic N) is 4. The molecule has 0 saturated heterocycles. The van der Waals surface area contributed by atoms with Crippen molar-refractivity contribution in [3.05, 3.63) is 107 Å². The summed E-state index contributed by atoms with van der Waals surface area (Å²) in [6.45, 7) is 2.19. The molecule has 0 saturated carbocycles. The highest BCUT2D eigenvalue weighted by molar-refractivity contribution is 7.99. The van der Waals surface area contributed by atoms with Crippen LogP contribution in [-0.4, -0.2) is 25.5 Å². The minimum Gasteiger partial charge on any atom is -0.305 e. The zero-order valence-electron chi connectivity index (χ0n) is 20.4. The molecule has 0 amide bonds. The molecule has 0 fully saturated rings. The van der Waals surface area contributed by atoms with Crippen LogP contribution in [0.4, 0.5) is 0 Å². The fourth-order valence-electron chi connectivity index (χ4n) is 4.00. The molecule has 2 aromatic heterocycles. The molecule has 5 aromatic rings. The molecule has 0 radical (unpaired) electrons. The summed E-state index contributed by atoms with van der Waals surface area (Å²) in [6.07, 6.45) is 5.99. The molecule has 1 N–H and O–H groups in total. The number of allylic oxidation sites excluding steroid dienone is 1. The van der Waals surface area contributed by atoms with E-state index in [4.69, 9.17) is 5.10 Å². The number of aromatic amines is 1. The van der Waals surface area contributed by atoms with Crippen LogP contribution in [0.25, 0.3) is 39.5 Å². The number of para-hydroxylation sites is 2. The fraction of sp³-hybridized carbons (Fsp3) is 0.133. The second kappa shape index (κ2) is 11.1. The highest BCUT2D eigenvalue weighted by Gasteiger charge is 2.15. The van der Waals surface area contributed by atoms with Crippen molar-refractivity contribution < 1.29 is 0 Å². The Morgan fingerprint density at radius 1 is 1.05 bits per heavy atom. The van der Waals surface area contributed by atoms with Gasteiger partial charge in [-0.1, -0.05) is 55.8 Å². The first-order chi connectivity index (χ1) is 18.2. The first kappa shape index (κ1) is 24.3. The summed E-state index contributed by atoms with van der Waals surface area (Å²) >= 11 is 1.85. The van der Waals surface area contributed by atoms with Gasteiger partial charge < -0.3 is 4.98 Å². The highest BCUT2D eigenvalue weighted by atomic mass is 32.2. The lowest BCUT2D eigenvalue weighted by Crippen LogP contribution is -2.11. The average Bonchev–Trinajstić information content (AvgIpc) is 3.36. The van der Waals surface area contributed by atoms with Crippen molar-refractivity contribution in [2.75, 3.05) is 5.75 Å². The second-order valence-electron chi connectivity index (χ2n) is 8.54. The van der Waals surface area contributed by atoms with Gasteiger partial charge in [-0.15, -0.1) is 11.8 Å². The van der Waals surface area contributed by atoms with Gasteiger partial charge in [0.05, 0.1) is 27.9 Å². The average molecular weight is 504 g/mol. The van der Waals surface area contributed by atoms with Gasteiger partial charge in [0.15, 0.2) is 5.82 Å². The summed E-state index contributed by atoms with van der Waals surface area (Å²) in [5.74, 6) is 1.32. The van der Waals surface area contributed by atoms with Crippen LogP contribution in [0.2, 0.25) is 0 Å². The molecule has 0 spiro atoms. The molecule has 3 aromatic carbocycles. The summed E-state index contributed by atoms with van der Waals surface area (Å²) in [4.78, 5) is 21.1. The van der Waals surface area contributed by atoms with Crippen molar-refractivity contribution in [3.8, 4) is 23.0 Å². The van der Waals surface area contributed by atoms with Crippen molar-refractivity contribution in [2.45, 2.75) is 24.7 Å². The molecule has 7 heteroatoms. The van der Waals surface area contributed by atoms with Gasteiger partial charge in [0, 0.05) is 22.2 Å². The predicted octanol–water partition coefficient (Wildman–Crippen LogP) is 6.73. The summed E-state index contributed by atoms with van der Waals surface area (Å²) < 4.78 is 1.80. The summed E-state index contributed by atoms with van der Waals surface area (Å²) in [6, 6.07) is 27.5. The topological polar surface area (TPSA) is 87.4 Å². The number of nitriles is 1. The van der Waals surface area contributed by atoms with Crippen LogP contribution in [0.15, 0.2) is 94.7 Å². The number of H-pyrrole nitrogens is 1. The smallest absolute Gasteiger partial charge is 0.259 e. The van der Waals surface area contributed by atoms with E-state index in [-0.39, 0.29) is 17.0 Å². The summed E-state index contributed by atoms with van der Waals surface area (Å²) in [7, 11) is 0. The van der Waals surface area contributed by atoms with Crippen LogP contribution in [0.5, 0.6) is 0 Å². The van der Waals surface area contributed by atoms with E-state index in [2.05, 4.69) is 47.2 Å². The molecule has 2 heterocycles. The van der Waals surface area contributed by atoms with Gasteiger partial charge in [-0.25, -0.2) is 9.67 Å². The van der Waals surface area contributed by atoms with Crippen LogP contribution in [0.1, 0.15) is 31.2 Å². The largest absolute Gasteiger partial charge is 0.305 e. The van der Waals surface area contributed by atoms with Gasteiger partial charge in [0.25, 0.3) is 5.56 Å². The van der Waals surface area contributed by atoms with Crippen LogP contribution in [0, 0.1) is 11.3 Å². The number of benzene rings is 3. The van der Waals surface area contributed by atoms with Crippen molar-refractivity contribution in [2.24, 2.45) is 0 Å². The van der Waals surface area contributed by atoms with E-state index in [9.17, 15) is 10.1 Å². The maximum absolute atomic E-state index is 12.6. The number of hydrogen-bond donors (Lipinski definition) is 1. The Balaban J connectivity index is 1.59. The third kappa shape index (κ3) is 5.40. The number of unbranched alkanes of at least 4 members (excludes halogenated alkanes) is 1. The van der Waals surface area contributed by atoms with E-state index in [1.807, 2.05) is 54.4 Å². The van der Waals surface area contributed by atoms with Crippen molar-refractivity contribution in [1.29, 1.82) is 5.26 Å². The molecular formula is C30H25N5OS. The molecule has 0 aliphatic rings. The van der Waals surface area contributed by atoms with Gasteiger partial charge in [0.1, 0.15) is 6.07 Å². The van der Waals surface area contributed by atoms with Gasteiger partial charge in [-0.3, -0.25) is 4.79 Å². The van der Waals surface area contributed by atoms with Crippen LogP contribution in [0.3, 0.4) is 0 Å². The Bertz CT molecular complexity index is 1660. The van der Waals surface area contributed by atoms with Gasteiger partial charge in [-0.05, 0) is 54.6 Å². The quantitative estimate of drug-likeness (QED) is 0.144. The van der Waals surface area contributed by atoms with E-state index in [0.717, 1.165) is 28.3 Å². The lowest BCUT2D eigenvalue weighted by molar-refractivity contribution is 0.884. The highest BCUT2D eigenvalue weighted by Crippen LogP contribution is 2.29. The lowest BCUT2D eigenvalue weighted by Gasteiger charge is -2.04. The molecular weight excluding hydrogens is 478 g/mol. The Morgan fingerprint density at radius 2 is 1.81 bits per heavy atom. The maximum atomic E-state index is 12.6. The lowest BCUT2D eigenvalue weighted by atomic mass is 10.1. The zero-order valence-corrected chi connectivity index (χ0v) is 21.2. The van der Waals surface area contributed by atoms with E-state index < -0.39 is 0 Å². The monoisotopic (exact) mass is 503 g/mol. The fourth-order valence-corrected chi connectivity index (χ4v) is 4.99. The minimum atomic E-state index is -0.280. The van der Waals surface area contributed by atoms with Crippen LogP contribution in [-0.2, 0) is 0 Å². The van der Waals surface area contributed by atoms with Gasteiger partial charge >= 0.3 is 0 Å². The number of rotatable bonds is 8. The third-order valence-electron chi connectivity index (χ3n) is 5.95. The Kier molecular flexibility index (Phi) is 7.29. The van der Waals surface area contributed by atoms with Crippen molar-refractivity contribution in [3.63, 3.8) is 0 Å². The molecule has 5 rings (SSSR count). The number of fused-ring (bicyclic) bond motifs is 1. The van der Waals surface area contributed by atoms with Crippen LogP contribution < -0.4 is 5.56 Å². The molecule has 0 aliphatic heterocycles. The molecule has 6 nitrogen and oxygen atoms in total. The standard InChI is InChI=1S/C30H25N5OS/c1-2-3-17-37-25-15-13-21(14-16-25)28-23(20-35(34-28)24-9-5-4-6-10-24)18-22(19-31)29-32-27-12-8-7-11-26(27)30(36)33-29/h4-16,18,20H,2-3,17H2,1H3,(H,32,33,36)/b22-18-. The molecule has 0 bridgehead atoms. The van der Waals surface area contributed by atoms with E-state index >= 15 is 0 Å². The number of thioether (sulfide) groups is 1. The number of nitrogens with one attached hydrogen (secondary N) is 1. The van der Waals surface area contributed by atoms with Crippen molar-refractivity contribution >= 4 is 34.3 Å². The third-order valence-corrected chi connectivity index (χ3v) is 7.04. The van der Waals surface area contributed by atoms with Gasteiger partial charge in [-0.2, -0.15) is 10.4 Å². The first-order valence-electron chi connectivity index (χ1n) is 12.2. The Labute approximate surface area is 219 Å². The predicted molar refractivity (Wildman–Crippen MR) is 150 cm³/mol. The normalized spacial score (nSPS) is 11.5. The SMILES string of the molecule is CCCCSc1ccc(-c2nn(-c3ccccc3)cc2/C=C(/C#N)c2nc3ccccc3c(=O)[nH]2)cc1. The first-order valence-corrected chi connectivity index (χ1v) is 13.1. The molecule has 37 heavy (non-hydrogen) atoms. The minimum absolute atomic E-state index is 0.229. The Hall–Kier alpha value is -4.41. The molecule has 0 aliphatic carbocycles. The van der Waals surface area contributed by atoms with E-state index in [0.29, 0.717) is 10.9 Å². The Morgan fingerprint density at radius 3 is 2.57 bits per heavy atom. The van der Waals surface area contributed by atoms with Gasteiger partial charge in [0.2, 0.25) is 0 Å². The summed E-state index contributed by atoms with van der Waals surface area (Å²) in [5, 5.41) is 15.4. The number of hydrogen-bond acceptors (Lipinski definition) is 5. The molecule has 0 unspecified atom stereocenters. The summed E-state index contributed by atoms with van der Waals surface area (Å²) in [5.41, 5.74) is 3.86. The van der Waals surface area contributed by atoms with E-state index in [1.54, 1.807) is 29.0 Å². The van der Waals surface area contributed by atoms with Crippen molar-refractivity contribution in [1.82, 2.24) is 19.7 Å². The molecule has 0 atom stereocenters. The molecule has 182 valence electrons. The van der Waals surface area contributed by atoms with Crippen LogP contribution >= 0.6 is 11.8 Å².